The van der Waals surface area contributed by atoms with Crippen molar-refractivity contribution in [2.75, 3.05) is 13.1 Å². The zero-order valence-corrected chi connectivity index (χ0v) is 18.9. The molecule has 1 saturated heterocycles. The minimum absolute atomic E-state index is 0.00632. The molecule has 7 nitrogen and oxygen atoms in total. The van der Waals surface area contributed by atoms with E-state index in [2.05, 4.69) is 22.3 Å². The molecule has 1 aliphatic rings. The Morgan fingerprint density at radius 3 is 2.47 bits per heavy atom. The normalized spacial score (nSPS) is 17.2. The van der Waals surface area contributed by atoms with E-state index in [4.69, 9.17) is 5.73 Å². The van der Waals surface area contributed by atoms with Gasteiger partial charge in [-0.2, -0.15) is 0 Å². The van der Waals surface area contributed by atoms with Crippen LogP contribution in [0.25, 0.3) is 5.69 Å². The molecule has 1 aliphatic heterocycles. The molecule has 0 bridgehead atoms. The van der Waals surface area contributed by atoms with Crippen LogP contribution < -0.4 is 5.73 Å². The van der Waals surface area contributed by atoms with E-state index in [0.29, 0.717) is 24.7 Å². The van der Waals surface area contributed by atoms with E-state index in [0.717, 1.165) is 29.9 Å². The van der Waals surface area contributed by atoms with Gasteiger partial charge in [0.25, 0.3) is 0 Å². The number of thioether (sulfide) groups is 1. The summed E-state index contributed by atoms with van der Waals surface area (Å²) in [6.45, 7) is 2.92. The molecule has 0 radical (unpaired) electrons. The highest BCUT2D eigenvalue weighted by atomic mass is 32.2. The summed E-state index contributed by atoms with van der Waals surface area (Å²) in [6.07, 6.45) is 2.17. The van der Waals surface area contributed by atoms with Gasteiger partial charge in [-0.25, -0.2) is 0 Å². The number of nitrogens with zero attached hydrogens (tertiary/aromatic N) is 4. The van der Waals surface area contributed by atoms with Gasteiger partial charge in [-0.15, -0.1) is 10.2 Å². The lowest BCUT2D eigenvalue weighted by Crippen LogP contribution is -2.46. The Morgan fingerprint density at radius 1 is 1.09 bits per heavy atom. The van der Waals surface area contributed by atoms with Gasteiger partial charge in [0.1, 0.15) is 5.82 Å². The molecule has 2 heterocycles. The number of para-hydroxylation sites is 1. The summed E-state index contributed by atoms with van der Waals surface area (Å²) in [7, 11) is 0. The molecule has 0 saturated carbocycles. The lowest BCUT2D eigenvalue weighted by atomic mass is 9.97. The van der Waals surface area contributed by atoms with Gasteiger partial charge in [0.05, 0.1) is 11.2 Å². The van der Waals surface area contributed by atoms with Crippen molar-refractivity contribution in [3.63, 3.8) is 0 Å². The van der Waals surface area contributed by atoms with Crippen LogP contribution in [-0.4, -0.2) is 49.8 Å². The number of hydrogen-bond donors (Lipinski definition) is 1. The van der Waals surface area contributed by atoms with E-state index in [-0.39, 0.29) is 23.0 Å². The predicted octanol–water partition coefficient (Wildman–Crippen LogP) is 3.06. The Hall–Kier alpha value is -3.13. The van der Waals surface area contributed by atoms with Crippen molar-refractivity contribution in [3.05, 3.63) is 72.1 Å². The molecule has 4 rings (SSSR count). The van der Waals surface area contributed by atoms with E-state index in [1.54, 1.807) is 4.90 Å². The van der Waals surface area contributed by atoms with E-state index < -0.39 is 0 Å². The number of carbonyl (C=O) groups is 2. The molecule has 0 spiro atoms. The van der Waals surface area contributed by atoms with Crippen molar-refractivity contribution < 1.29 is 9.59 Å². The van der Waals surface area contributed by atoms with Gasteiger partial charge in [0.15, 0.2) is 5.16 Å². The largest absolute Gasteiger partial charge is 0.369 e. The Kier molecular flexibility index (Phi) is 6.90. The summed E-state index contributed by atoms with van der Waals surface area (Å²) in [5, 5.41) is 9.19. The molecule has 2 atom stereocenters. The van der Waals surface area contributed by atoms with Crippen molar-refractivity contribution in [1.82, 2.24) is 19.7 Å². The van der Waals surface area contributed by atoms with Gasteiger partial charge in [-0.1, -0.05) is 60.3 Å². The highest BCUT2D eigenvalue weighted by molar-refractivity contribution is 8.00. The first kappa shape index (κ1) is 22.1. The van der Waals surface area contributed by atoms with Gasteiger partial charge in [0, 0.05) is 25.2 Å². The second-order valence-electron chi connectivity index (χ2n) is 8.02. The average molecular weight is 450 g/mol. The van der Waals surface area contributed by atoms with Gasteiger partial charge >= 0.3 is 0 Å². The maximum atomic E-state index is 13.1. The summed E-state index contributed by atoms with van der Waals surface area (Å²) in [6, 6.07) is 20.1. The Labute approximate surface area is 192 Å². The standard InChI is InChI=1S/C24H27N5O2S/c1-17(23(31)28-14-8-11-19(16-28)22(25)30)32-24-27-26-21(15-18-9-4-2-5-10-18)29(24)20-12-6-3-7-13-20/h2-7,9-10,12-13,17,19H,8,11,14-16H2,1H3,(H2,25,30). The van der Waals surface area contributed by atoms with Gasteiger partial charge in [-0.05, 0) is 37.5 Å². The number of hydrogen-bond acceptors (Lipinski definition) is 5. The maximum absolute atomic E-state index is 13.1. The van der Waals surface area contributed by atoms with E-state index in [1.807, 2.05) is 60.0 Å². The van der Waals surface area contributed by atoms with E-state index >= 15 is 0 Å². The molecular weight excluding hydrogens is 422 g/mol. The molecule has 2 amide bonds. The summed E-state index contributed by atoms with van der Waals surface area (Å²) >= 11 is 1.39. The third-order valence-corrected chi connectivity index (χ3v) is 6.72. The van der Waals surface area contributed by atoms with Crippen molar-refractivity contribution in [2.45, 2.75) is 36.6 Å². The minimum atomic E-state index is -0.363. The van der Waals surface area contributed by atoms with Crippen LogP contribution >= 0.6 is 11.8 Å². The highest BCUT2D eigenvalue weighted by Gasteiger charge is 2.30. The van der Waals surface area contributed by atoms with E-state index in [1.165, 1.54) is 11.8 Å². The first-order valence-electron chi connectivity index (χ1n) is 10.8. The van der Waals surface area contributed by atoms with Crippen LogP contribution in [0.3, 0.4) is 0 Å². The molecule has 2 N–H and O–H groups in total. The number of likely N-dealkylation sites (tertiary alicyclic amines) is 1. The molecular formula is C24H27N5O2S. The van der Waals surface area contributed by atoms with Crippen LogP contribution in [0.15, 0.2) is 65.8 Å². The predicted molar refractivity (Wildman–Crippen MR) is 124 cm³/mol. The third-order valence-electron chi connectivity index (χ3n) is 5.69. The fraction of sp³-hybridized carbons (Fsp3) is 0.333. The Bertz CT molecular complexity index is 1070. The van der Waals surface area contributed by atoms with Gasteiger partial charge in [0.2, 0.25) is 11.8 Å². The molecule has 3 aromatic rings. The maximum Gasteiger partial charge on any atom is 0.235 e. The third kappa shape index (κ3) is 5.02. The number of amides is 2. The zero-order valence-electron chi connectivity index (χ0n) is 18.1. The molecule has 1 fully saturated rings. The van der Waals surface area contributed by atoms with Crippen LogP contribution in [0.5, 0.6) is 0 Å². The molecule has 2 aromatic carbocycles. The lowest BCUT2D eigenvalue weighted by Gasteiger charge is -2.32. The number of piperidine rings is 1. The highest BCUT2D eigenvalue weighted by Crippen LogP contribution is 2.28. The fourth-order valence-electron chi connectivity index (χ4n) is 3.98. The van der Waals surface area contributed by atoms with Crippen LogP contribution in [0.1, 0.15) is 31.2 Å². The smallest absolute Gasteiger partial charge is 0.235 e. The zero-order chi connectivity index (χ0) is 22.5. The second-order valence-corrected chi connectivity index (χ2v) is 9.33. The average Bonchev–Trinajstić information content (AvgIpc) is 3.21. The number of benzene rings is 2. The molecule has 2 unspecified atom stereocenters. The number of aromatic nitrogens is 3. The molecule has 32 heavy (non-hydrogen) atoms. The van der Waals surface area contributed by atoms with Gasteiger partial charge < -0.3 is 10.6 Å². The van der Waals surface area contributed by atoms with Crippen LogP contribution in [0.2, 0.25) is 0 Å². The first-order chi connectivity index (χ1) is 15.5. The Balaban J connectivity index is 1.56. The molecule has 8 heteroatoms. The van der Waals surface area contributed by atoms with Crippen LogP contribution in [-0.2, 0) is 16.0 Å². The second kappa shape index (κ2) is 9.99. The molecule has 1 aromatic heterocycles. The van der Waals surface area contributed by atoms with Crippen LogP contribution in [0.4, 0.5) is 0 Å². The van der Waals surface area contributed by atoms with Crippen molar-refractivity contribution in [1.29, 1.82) is 0 Å². The van der Waals surface area contributed by atoms with Crippen molar-refractivity contribution in [3.8, 4) is 5.69 Å². The quantitative estimate of drug-likeness (QED) is 0.560. The minimum Gasteiger partial charge on any atom is -0.369 e. The lowest BCUT2D eigenvalue weighted by molar-refractivity contribution is -0.134. The van der Waals surface area contributed by atoms with Crippen molar-refractivity contribution >= 4 is 23.6 Å². The fourth-order valence-corrected chi connectivity index (χ4v) is 4.95. The summed E-state index contributed by atoms with van der Waals surface area (Å²) < 4.78 is 2.02. The first-order valence-corrected chi connectivity index (χ1v) is 11.7. The molecule has 0 aliphatic carbocycles. The van der Waals surface area contributed by atoms with Crippen LogP contribution in [0, 0.1) is 5.92 Å². The number of primary amides is 1. The summed E-state index contributed by atoms with van der Waals surface area (Å²) in [5.74, 6) is 0.206. The summed E-state index contributed by atoms with van der Waals surface area (Å²) in [4.78, 5) is 26.5. The SMILES string of the molecule is CC(Sc1nnc(Cc2ccccc2)n1-c1ccccc1)C(=O)N1CCCC(C(N)=O)C1. The monoisotopic (exact) mass is 449 g/mol. The van der Waals surface area contributed by atoms with E-state index in [9.17, 15) is 9.59 Å². The number of carbonyl (C=O) groups excluding carboxylic acids is 2. The Morgan fingerprint density at radius 2 is 1.78 bits per heavy atom. The van der Waals surface area contributed by atoms with Gasteiger partial charge in [-0.3, -0.25) is 14.2 Å². The van der Waals surface area contributed by atoms with Crippen molar-refractivity contribution in [2.24, 2.45) is 11.7 Å². The molecule has 166 valence electrons. The summed E-state index contributed by atoms with van der Waals surface area (Å²) in [5.41, 5.74) is 7.57. The number of nitrogens with two attached hydrogens (primary N) is 1. The topological polar surface area (TPSA) is 94.1 Å². The number of rotatable bonds is 7.